The lowest BCUT2D eigenvalue weighted by Gasteiger charge is -2.11. The second-order valence-electron chi connectivity index (χ2n) is 4.53. The Hall–Kier alpha value is -0.950. The molecule has 6 heteroatoms. The van der Waals surface area contributed by atoms with Crippen LogP contribution in [0.25, 0.3) is 0 Å². The summed E-state index contributed by atoms with van der Waals surface area (Å²) in [5.74, 6) is 0.109. The highest BCUT2D eigenvalue weighted by Gasteiger charge is 2.12. The van der Waals surface area contributed by atoms with Crippen LogP contribution in [0.15, 0.2) is 24.3 Å². The molecular formula is C13H22N2O3S. The first-order valence-corrected chi connectivity index (χ1v) is 7.74. The summed E-state index contributed by atoms with van der Waals surface area (Å²) in [5.41, 5.74) is 2.24. The van der Waals surface area contributed by atoms with E-state index in [1.54, 1.807) is 21.2 Å². The predicted octanol–water partition coefficient (Wildman–Crippen LogP) is 0.814. The Morgan fingerprint density at radius 2 is 1.95 bits per heavy atom. The van der Waals surface area contributed by atoms with Crippen molar-refractivity contribution in [3.8, 4) is 0 Å². The standard InChI is InChI=1S/C13H22N2O3S/c1-15(2)19(16,17)8-7-14-10-12-5-4-6-13(9-12)11-18-3/h4-6,9,14H,7-8,10-11H2,1-3H3. The van der Waals surface area contributed by atoms with Crippen LogP contribution >= 0.6 is 0 Å². The molecule has 0 amide bonds. The maximum Gasteiger partial charge on any atom is 0.214 e. The molecule has 0 unspecified atom stereocenters. The van der Waals surface area contributed by atoms with Crippen molar-refractivity contribution in [3.63, 3.8) is 0 Å². The van der Waals surface area contributed by atoms with Gasteiger partial charge in [0.25, 0.3) is 0 Å². The van der Waals surface area contributed by atoms with E-state index in [4.69, 9.17) is 4.74 Å². The second kappa shape index (κ2) is 7.59. The van der Waals surface area contributed by atoms with Crippen molar-refractivity contribution >= 4 is 10.0 Å². The molecule has 0 aliphatic heterocycles. The van der Waals surface area contributed by atoms with Crippen LogP contribution in [0.4, 0.5) is 0 Å². The molecule has 1 N–H and O–H groups in total. The van der Waals surface area contributed by atoms with E-state index in [2.05, 4.69) is 11.4 Å². The Morgan fingerprint density at radius 3 is 2.58 bits per heavy atom. The summed E-state index contributed by atoms with van der Waals surface area (Å²) in [6.45, 7) is 1.68. The van der Waals surface area contributed by atoms with Gasteiger partial charge in [0.2, 0.25) is 10.0 Å². The number of hydrogen-bond donors (Lipinski definition) is 1. The van der Waals surface area contributed by atoms with Crippen molar-refractivity contribution in [1.29, 1.82) is 0 Å². The molecule has 1 aromatic rings. The minimum Gasteiger partial charge on any atom is -0.380 e. The summed E-state index contributed by atoms with van der Waals surface area (Å²) < 4.78 is 29.4. The normalized spacial score (nSPS) is 12.0. The maximum atomic E-state index is 11.6. The van der Waals surface area contributed by atoms with Crippen LogP contribution in [0.3, 0.4) is 0 Å². The van der Waals surface area contributed by atoms with E-state index in [0.717, 1.165) is 11.1 Å². The molecular weight excluding hydrogens is 264 g/mol. The third-order valence-corrected chi connectivity index (χ3v) is 4.56. The summed E-state index contributed by atoms with van der Waals surface area (Å²) in [7, 11) is 1.64. The van der Waals surface area contributed by atoms with Crippen LogP contribution in [0.1, 0.15) is 11.1 Å². The molecule has 1 aromatic carbocycles. The zero-order valence-electron chi connectivity index (χ0n) is 11.7. The Balaban J connectivity index is 2.39. The van der Waals surface area contributed by atoms with E-state index >= 15 is 0 Å². The smallest absolute Gasteiger partial charge is 0.214 e. The van der Waals surface area contributed by atoms with Gasteiger partial charge in [-0.15, -0.1) is 0 Å². The number of benzene rings is 1. The third kappa shape index (κ3) is 5.69. The quantitative estimate of drug-likeness (QED) is 0.719. The van der Waals surface area contributed by atoms with Crippen LogP contribution < -0.4 is 5.32 Å². The van der Waals surface area contributed by atoms with Gasteiger partial charge in [-0.25, -0.2) is 12.7 Å². The molecule has 1 rings (SSSR count). The number of ether oxygens (including phenoxy) is 1. The van der Waals surface area contributed by atoms with Crippen molar-refractivity contribution in [3.05, 3.63) is 35.4 Å². The number of methoxy groups -OCH3 is 1. The van der Waals surface area contributed by atoms with Gasteiger partial charge >= 0.3 is 0 Å². The van der Waals surface area contributed by atoms with Gasteiger partial charge in [0.15, 0.2) is 0 Å². The summed E-state index contributed by atoms with van der Waals surface area (Å²) in [5, 5.41) is 3.14. The van der Waals surface area contributed by atoms with E-state index in [-0.39, 0.29) is 5.75 Å². The molecule has 0 saturated carbocycles. The highest BCUT2D eigenvalue weighted by Crippen LogP contribution is 2.06. The Kier molecular flexibility index (Phi) is 6.44. The Morgan fingerprint density at radius 1 is 1.26 bits per heavy atom. The molecule has 0 atom stereocenters. The first-order chi connectivity index (χ1) is 8.95. The van der Waals surface area contributed by atoms with Gasteiger partial charge in [0.05, 0.1) is 12.4 Å². The monoisotopic (exact) mass is 286 g/mol. The van der Waals surface area contributed by atoms with Crippen LogP contribution in [-0.4, -0.2) is 46.2 Å². The van der Waals surface area contributed by atoms with Crippen molar-refractivity contribution < 1.29 is 13.2 Å². The molecule has 0 spiro atoms. The van der Waals surface area contributed by atoms with Gasteiger partial charge in [-0.05, 0) is 11.1 Å². The van der Waals surface area contributed by atoms with Crippen molar-refractivity contribution in [2.75, 3.05) is 33.5 Å². The molecule has 0 radical (unpaired) electrons. The summed E-state index contributed by atoms with van der Waals surface area (Å²) in [4.78, 5) is 0. The molecule has 0 aromatic heterocycles. The van der Waals surface area contributed by atoms with E-state index in [1.165, 1.54) is 4.31 Å². The number of nitrogens with one attached hydrogen (secondary N) is 1. The fourth-order valence-electron chi connectivity index (χ4n) is 1.61. The molecule has 19 heavy (non-hydrogen) atoms. The number of hydrogen-bond acceptors (Lipinski definition) is 4. The lowest BCUT2D eigenvalue weighted by atomic mass is 10.1. The van der Waals surface area contributed by atoms with Gasteiger partial charge in [-0.1, -0.05) is 24.3 Å². The Bertz CT molecular complexity index is 486. The molecule has 108 valence electrons. The topological polar surface area (TPSA) is 58.6 Å². The molecule has 5 nitrogen and oxygen atoms in total. The SMILES string of the molecule is COCc1cccc(CNCCS(=O)(=O)N(C)C)c1. The number of rotatable bonds is 8. The van der Waals surface area contributed by atoms with E-state index in [1.807, 2.05) is 18.2 Å². The molecule has 0 aliphatic carbocycles. The summed E-state index contributed by atoms with van der Waals surface area (Å²) >= 11 is 0. The average molecular weight is 286 g/mol. The average Bonchev–Trinajstić information content (AvgIpc) is 2.35. The molecule has 0 saturated heterocycles. The van der Waals surface area contributed by atoms with Gasteiger partial charge < -0.3 is 10.1 Å². The lowest BCUT2D eigenvalue weighted by molar-refractivity contribution is 0.185. The predicted molar refractivity (Wildman–Crippen MR) is 76.3 cm³/mol. The fraction of sp³-hybridized carbons (Fsp3) is 0.538. The van der Waals surface area contributed by atoms with Crippen LogP contribution in [0.2, 0.25) is 0 Å². The fourth-order valence-corrected chi connectivity index (χ4v) is 2.38. The van der Waals surface area contributed by atoms with Gasteiger partial charge in [0.1, 0.15) is 0 Å². The highest BCUT2D eigenvalue weighted by atomic mass is 32.2. The molecule has 0 aliphatic rings. The van der Waals surface area contributed by atoms with Crippen LogP contribution in [0, 0.1) is 0 Å². The molecule has 0 heterocycles. The van der Waals surface area contributed by atoms with E-state index in [0.29, 0.717) is 19.7 Å². The summed E-state index contributed by atoms with van der Waals surface area (Å²) in [6.07, 6.45) is 0. The minimum atomic E-state index is -3.12. The zero-order valence-corrected chi connectivity index (χ0v) is 12.5. The molecule has 0 fully saturated rings. The van der Waals surface area contributed by atoms with Gasteiger partial charge in [-0.2, -0.15) is 0 Å². The third-order valence-electron chi connectivity index (χ3n) is 2.72. The van der Waals surface area contributed by atoms with E-state index in [9.17, 15) is 8.42 Å². The van der Waals surface area contributed by atoms with Gasteiger partial charge in [-0.3, -0.25) is 0 Å². The largest absolute Gasteiger partial charge is 0.380 e. The Labute approximate surface area is 115 Å². The second-order valence-corrected chi connectivity index (χ2v) is 6.83. The number of nitrogens with zero attached hydrogens (tertiary/aromatic N) is 1. The summed E-state index contributed by atoms with van der Waals surface area (Å²) in [6, 6.07) is 8.04. The van der Waals surface area contributed by atoms with Crippen LogP contribution in [-0.2, 0) is 27.9 Å². The van der Waals surface area contributed by atoms with Gasteiger partial charge in [0, 0.05) is 34.3 Å². The lowest BCUT2D eigenvalue weighted by Crippen LogP contribution is -2.31. The van der Waals surface area contributed by atoms with Crippen molar-refractivity contribution in [2.24, 2.45) is 0 Å². The highest BCUT2D eigenvalue weighted by molar-refractivity contribution is 7.89. The maximum absolute atomic E-state index is 11.6. The number of sulfonamides is 1. The van der Waals surface area contributed by atoms with Crippen LogP contribution in [0.5, 0.6) is 0 Å². The first kappa shape index (κ1) is 16.1. The van der Waals surface area contributed by atoms with E-state index < -0.39 is 10.0 Å². The molecule has 0 bridgehead atoms. The first-order valence-electron chi connectivity index (χ1n) is 6.13. The zero-order chi connectivity index (χ0) is 14.3. The minimum absolute atomic E-state index is 0.109. The van der Waals surface area contributed by atoms with Crippen molar-refractivity contribution in [1.82, 2.24) is 9.62 Å². The van der Waals surface area contributed by atoms with Crippen molar-refractivity contribution in [2.45, 2.75) is 13.2 Å².